The summed E-state index contributed by atoms with van der Waals surface area (Å²) in [7, 11) is 0. The Labute approximate surface area is 102 Å². The first-order chi connectivity index (χ1) is 8.24. The van der Waals surface area contributed by atoms with Crippen molar-refractivity contribution < 1.29 is 0 Å². The second-order valence-corrected chi connectivity index (χ2v) is 5.09. The Balaban J connectivity index is 2.05. The SMILES string of the molecule is Cc1cccc(-c2cn3c(n2)[C@@H](C)CCC3)c1. The summed E-state index contributed by atoms with van der Waals surface area (Å²) in [5.41, 5.74) is 3.65. The molecule has 0 saturated heterocycles. The number of hydrogen-bond acceptors (Lipinski definition) is 1. The molecule has 1 atom stereocenters. The molecule has 0 bridgehead atoms. The summed E-state index contributed by atoms with van der Waals surface area (Å²) in [5, 5.41) is 0. The van der Waals surface area contributed by atoms with E-state index in [0.29, 0.717) is 5.92 Å². The number of imidazole rings is 1. The molecule has 88 valence electrons. The highest BCUT2D eigenvalue weighted by molar-refractivity contribution is 5.59. The van der Waals surface area contributed by atoms with Crippen LogP contribution in [0.3, 0.4) is 0 Å². The summed E-state index contributed by atoms with van der Waals surface area (Å²) in [6, 6.07) is 8.58. The first-order valence-corrected chi connectivity index (χ1v) is 6.38. The average Bonchev–Trinajstić information content (AvgIpc) is 2.74. The van der Waals surface area contributed by atoms with Crippen LogP contribution in [0.5, 0.6) is 0 Å². The van der Waals surface area contributed by atoms with Crippen molar-refractivity contribution in [3.63, 3.8) is 0 Å². The summed E-state index contributed by atoms with van der Waals surface area (Å²) in [4.78, 5) is 4.81. The third-order valence-electron chi connectivity index (χ3n) is 3.60. The average molecular weight is 226 g/mol. The van der Waals surface area contributed by atoms with Gasteiger partial charge in [0.25, 0.3) is 0 Å². The first kappa shape index (κ1) is 10.6. The van der Waals surface area contributed by atoms with Gasteiger partial charge in [-0.3, -0.25) is 0 Å². The molecule has 0 aliphatic carbocycles. The van der Waals surface area contributed by atoms with Gasteiger partial charge in [0, 0.05) is 24.2 Å². The van der Waals surface area contributed by atoms with Gasteiger partial charge in [0.15, 0.2) is 0 Å². The zero-order valence-corrected chi connectivity index (χ0v) is 10.5. The van der Waals surface area contributed by atoms with Crippen molar-refractivity contribution in [2.75, 3.05) is 0 Å². The summed E-state index contributed by atoms with van der Waals surface area (Å²) < 4.78 is 2.33. The topological polar surface area (TPSA) is 17.8 Å². The van der Waals surface area contributed by atoms with Crippen LogP contribution in [-0.2, 0) is 6.54 Å². The van der Waals surface area contributed by atoms with E-state index in [1.54, 1.807) is 0 Å². The first-order valence-electron chi connectivity index (χ1n) is 6.38. The fourth-order valence-electron chi connectivity index (χ4n) is 2.64. The van der Waals surface area contributed by atoms with Gasteiger partial charge in [-0.2, -0.15) is 0 Å². The van der Waals surface area contributed by atoms with E-state index in [2.05, 4.69) is 48.9 Å². The van der Waals surface area contributed by atoms with E-state index in [0.717, 1.165) is 12.2 Å². The molecule has 3 rings (SSSR count). The van der Waals surface area contributed by atoms with E-state index < -0.39 is 0 Å². The second kappa shape index (κ2) is 4.02. The lowest BCUT2D eigenvalue weighted by Crippen LogP contribution is -2.12. The zero-order chi connectivity index (χ0) is 11.8. The van der Waals surface area contributed by atoms with Gasteiger partial charge in [0.1, 0.15) is 5.82 Å². The smallest absolute Gasteiger partial charge is 0.112 e. The molecule has 2 heteroatoms. The molecule has 0 fully saturated rings. The minimum Gasteiger partial charge on any atom is -0.334 e. The lowest BCUT2D eigenvalue weighted by Gasteiger charge is -2.19. The normalized spacial score (nSPS) is 19.1. The lowest BCUT2D eigenvalue weighted by molar-refractivity contribution is 0.463. The number of aromatic nitrogens is 2. The second-order valence-electron chi connectivity index (χ2n) is 5.09. The molecule has 17 heavy (non-hydrogen) atoms. The largest absolute Gasteiger partial charge is 0.334 e. The fraction of sp³-hybridized carbons (Fsp3) is 0.400. The Bertz CT molecular complexity index is 540. The van der Waals surface area contributed by atoms with E-state index in [1.165, 1.54) is 29.8 Å². The van der Waals surface area contributed by atoms with Gasteiger partial charge >= 0.3 is 0 Å². The van der Waals surface area contributed by atoms with Crippen LogP contribution in [0.4, 0.5) is 0 Å². The molecule has 2 nitrogen and oxygen atoms in total. The van der Waals surface area contributed by atoms with Crippen molar-refractivity contribution in [3.8, 4) is 11.3 Å². The quantitative estimate of drug-likeness (QED) is 0.724. The Hall–Kier alpha value is -1.57. The van der Waals surface area contributed by atoms with Gasteiger partial charge in [-0.1, -0.05) is 30.7 Å². The third kappa shape index (κ3) is 1.88. The maximum Gasteiger partial charge on any atom is 0.112 e. The number of hydrogen-bond donors (Lipinski definition) is 0. The summed E-state index contributed by atoms with van der Waals surface area (Å²) in [5.74, 6) is 1.86. The van der Waals surface area contributed by atoms with Gasteiger partial charge in [0.05, 0.1) is 5.69 Å². The molecule has 2 heterocycles. The Kier molecular flexibility index (Phi) is 2.50. The van der Waals surface area contributed by atoms with Crippen molar-refractivity contribution in [2.24, 2.45) is 0 Å². The van der Waals surface area contributed by atoms with E-state index in [1.807, 2.05) is 0 Å². The predicted molar refractivity (Wildman–Crippen MR) is 70.0 cm³/mol. The van der Waals surface area contributed by atoms with Crippen molar-refractivity contribution in [1.29, 1.82) is 0 Å². The van der Waals surface area contributed by atoms with Crippen LogP contribution < -0.4 is 0 Å². The molecule has 2 aromatic rings. The highest BCUT2D eigenvalue weighted by atomic mass is 15.1. The molecular weight excluding hydrogens is 208 g/mol. The summed E-state index contributed by atoms with van der Waals surface area (Å²) in [6.45, 7) is 5.53. The molecule has 0 N–H and O–H groups in total. The molecule has 1 aromatic heterocycles. The predicted octanol–water partition coefficient (Wildman–Crippen LogP) is 3.76. The molecule has 1 aliphatic heterocycles. The van der Waals surface area contributed by atoms with Crippen LogP contribution >= 0.6 is 0 Å². The van der Waals surface area contributed by atoms with E-state index in [-0.39, 0.29) is 0 Å². The highest BCUT2D eigenvalue weighted by Crippen LogP contribution is 2.29. The minimum absolute atomic E-state index is 0.599. The molecule has 0 radical (unpaired) electrons. The van der Waals surface area contributed by atoms with Gasteiger partial charge in [-0.25, -0.2) is 4.98 Å². The third-order valence-corrected chi connectivity index (χ3v) is 3.60. The Morgan fingerprint density at radius 3 is 3.00 bits per heavy atom. The maximum absolute atomic E-state index is 4.81. The molecule has 1 aliphatic rings. The summed E-state index contributed by atoms with van der Waals surface area (Å²) in [6.07, 6.45) is 4.75. The van der Waals surface area contributed by atoms with E-state index >= 15 is 0 Å². The molecular formula is C15H18N2. The standard InChI is InChI=1S/C15H18N2/c1-11-5-3-7-13(9-11)14-10-17-8-4-6-12(2)15(17)16-14/h3,5,7,9-10,12H,4,6,8H2,1-2H3/t12-/m0/s1. The van der Waals surface area contributed by atoms with Crippen LogP contribution in [0.15, 0.2) is 30.5 Å². The number of rotatable bonds is 1. The lowest BCUT2D eigenvalue weighted by atomic mass is 10.0. The van der Waals surface area contributed by atoms with Gasteiger partial charge in [0.2, 0.25) is 0 Å². The van der Waals surface area contributed by atoms with Crippen molar-refractivity contribution in [1.82, 2.24) is 9.55 Å². The highest BCUT2D eigenvalue weighted by Gasteiger charge is 2.19. The molecule has 0 unspecified atom stereocenters. The van der Waals surface area contributed by atoms with Crippen molar-refractivity contribution >= 4 is 0 Å². The van der Waals surface area contributed by atoms with Gasteiger partial charge < -0.3 is 4.57 Å². The van der Waals surface area contributed by atoms with E-state index in [9.17, 15) is 0 Å². The van der Waals surface area contributed by atoms with Crippen molar-refractivity contribution in [3.05, 3.63) is 41.9 Å². The minimum atomic E-state index is 0.599. The number of aryl methyl sites for hydroxylation is 2. The van der Waals surface area contributed by atoms with Crippen LogP contribution in [0.2, 0.25) is 0 Å². The zero-order valence-electron chi connectivity index (χ0n) is 10.5. The van der Waals surface area contributed by atoms with E-state index in [4.69, 9.17) is 4.98 Å². The van der Waals surface area contributed by atoms with Crippen molar-refractivity contribution in [2.45, 2.75) is 39.2 Å². The Morgan fingerprint density at radius 2 is 2.24 bits per heavy atom. The van der Waals surface area contributed by atoms with Crippen LogP contribution in [0, 0.1) is 6.92 Å². The number of benzene rings is 1. The fourth-order valence-corrected chi connectivity index (χ4v) is 2.64. The van der Waals surface area contributed by atoms with Gasteiger partial charge in [-0.05, 0) is 25.8 Å². The maximum atomic E-state index is 4.81. The number of fused-ring (bicyclic) bond motifs is 1. The molecule has 0 saturated carbocycles. The summed E-state index contributed by atoms with van der Waals surface area (Å²) >= 11 is 0. The van der Waals surface area contributed by atoms with Crippen LogP contribution in [0.25, 0.3) is 11.3 Å². The molecule has 0 spiro atoms. The molecule has 1 aromatic carbocycles. The van der Waals surface area contributed by atoms with Crippen LogP contribution in [0.1, 0.15) is 37.1 Å². The van der Waals surface area contributed by atoms with Gasteiger partial charge in [-0.15, -0.1) is 0 Å². The monoisotopic (exact) mass is 226 g/mol. The molecule has 0 amide bonds. The number of nitrogens with zero attached hydrogens (tertiary/aromatic N) is 2. The van der Waals surface area contributed by atoms with Crippen LogP contribution in [-0.4, -0.2) is 9.55 Å². The Morgan fingerprint density at radius 1 is 1.35 bits per heavy atom.